The number of likely N-dealkylation sites (N-methyl/N-ethyl adjacent to an activating group) is 1. The molecule has 4 rings (SSSR count). The Balaban J connectivity index is 1.50. The van der Waals surface area contributed by atoms with Gasteiger partial charge in [-0.15, -0.1) is 0 Å². The highest BCUT2D eigenvalue weighted by Crippen LogP contribution is 2.30. The van der Waals surface area contributed by atoms with E-state index in [2.05, 4.69) is 22.2 Å². The van der Waals surface area contributed by atoms with Crippen molar-refractivity contribution in [2.75, 3.05) is 30.3 Å². The van der Waals surface area contributed by atoms with E-state index in [4.69, 9.17) is 39.1 Å². The fourth-order valence-corrected chi connectivity index (χ4v) is 4.49. The highest BCUT2D eigenvalue weighted by Gasteiger charge is 2.39. The van der Waals surface area contributed by atoms with Crippen molar-refractivity contribution in [1.29, 1.82) is 5.41 Å². The van der Waals surface area contributed by atoms with E-state index in [1.165, 1.54) is 24.7 Å². The predicted octanol–water partition coefficient (Wildman–Crippen LogP) is 4.69. The second-order valence-corrected chi connectivity index (χ2v) is 9.29. The molecular formula is C24H25Cl2FN6O. The number of ether oxygens (including phenoxy) is 1. The van der Waals surface area contributed by atoms with Gasteiger partial charge in [0.25, 0.3) is 0 Å². The van der Waals surface area contributed by atoms with Crippen molar-refractivity contribution in [2.24, 2.45) is 0 Å². The molecule has 1 fully saturated rings. The summed E-state index contributed by atoms with van der Waals surface area (Å²) in [7, 11) is 0. The monoisotopic (exact) mass is 502 g/mol. The Morgan fingerprint density at radius 2 is 1.94 bits per heavy atom. The molecule has 1 aliphatic heterocycles. The minimum absolute atomic E-state index is 0.0435. The van der Waals surface area contributed by atoms with Gasteiger partial charge in [0.15, 0.2) is 11.6 Å². The van der Waals surface area contributed by atoms with Crippen molar-refractivity contribution in [1.82, 2.24) is 15.3 Å². The molecule has 0 saturated carbocycles. The molecule has 34 heavy (non-hydrogen) atoms. The van der Waals surface area contributed by atoms with Gasteiger partial charge in [0.05, 0.1) is 21.3 Å². The molecule has 2 aromatic heterocycles. The number of nitrogens with zero attached hydrogens (tertiary/aromatic N) is 3. The average Bonchev–Trinajstić information content (AvgIpc) is 2.78. The SMILES string of the molecule is CCNC1(C)CN(c2ncc(C(=N)c3cc(OCc4c(Cl)cncc4Cl)ccc3N)cc2F)C1. The van der Waals surface area contributed by atoms with Crippen LogP contribution in [0.5, 0.6) is 5.75 Å². The number of nitrogens with two attached hydrogens (primary N) is 1. The first-order valence-corrected chi connectivity index (χ1v) is 11.5. The van der Waals surface area contributed by atoms with Crippen molar-refractivity contribution < 1.29 is 9.13 Å². The van der Waals surface area contributed by atoms with E-state index in [9.17, 15) is 4.39 Å². The van der Waals surface area contributed by atoms with E-state index in [-0.39, 0.29) is 23.7 Å². The average molecular weight is 503 g/mol. The maximum absolute atomic E-state index is 14.9. The maximum Gasteiger partial charge on any atom is 0.166 e. The van der Waals surface area contributed by atoms with E-state index in [0.717, 1.165) is 6.54 Å². The van der Waals surface area contributed by atoms with Gasteiger partial charge in [-0.25, -0.2) is 9.37 Å². The van der Waals surface area contributed by atoms with Gasteiger partial charge in [0.1, 0.15) is 12.4 Å². The van der Waals surface area contributed by atoms with Gasteiger partial charge in [0.2, 0.25) is 0 Å². The Labute approximate surface area is 207 Å². The molecule has 0 amide bonds. The van der Waals surface area contributed by atoms with E-state index in [0.29, 0.717) is 51.3 Å². The van der Waals surface area contributed by atoms with Gasteiger partial charge in [-0.3, -0.25) is 10.4 Å². The lowest BCUT2D eigenvalue weighted by Crippen LogP contribution is -2.68. The third-order valence-corrected chi connectivity index (χ3v) is 6.37. The molecule has 3 aromatic rings. The number of hydrogen-bond donors (Lipinski definition) is 3. The molecule has 1 saturated heterocycles. The van der Waals surface area contributed by atoms with Crippen LogP contribution in [0, 0.1) is 11.2 Å². The van der Waals surface area contributed by atoms with Crippen molar-refractivity contribution in [3.05, 3.63) is 75.4 Å². The van der Waals surface area contributed by atoms with E-state index < -0.39 is 5.82 Å². The molecule has 7 nitrogen and oxygen atoms in total. The fourth-order valence-electron chi connectivity index (χ4n) is 4.01. The summed E-state index contributed by atoms with van der Waals surface area (Å²) < 4.78 is 20.7. The zero-order chi connectivity index (χ0) is 24.5. The fraction of sp³-hybridized carbons (Fsp3) is 0.292. The molecule has 178 valence electrons. The zero-order valence-corrected chi connectivity index (χ0v) is 20.3. The van der Waals surface area contributed by atoms with Crippen LogP contribution in [0.2, 0.25) is 10.0 Å². The van der Waals surface area contributed by atoms with Crippen LogP contribution in [0.3, 0.4) is 0 Å². The summed E-state index contributed by atoms with van der Waals surface area (Å²) in [6.07, 6.45) is 4.47. The molecule has 0 unspecified atom stereocenters. The number of nitrogens with one attached hydrogen (secondary N) is 2. The molecule has 10 heteroatoms. The molecule has 4 N–H and O–H groups in total. The molecule has 0 aliphatic carbocycles. The lowest BCUT2D eigenvalue weighted by Gasteiger charge is -2.49. The van der Waals surface area contributed by atoms with E-state index in [1.54, 1.807) is 18.2 Å². The number of aromatic nitrogens is 2. The smallest absolute Gasteiger partial charge is 0.166 e. The molecule has 3 heterocycles. The van der Waals surface area contributed by atoms with Gasteiger partial charge in [-0.1, -0.05) is 30.1 Å². The summed E-state index contributed by atoms with van der Waals surface area (Å²) in [6, 6.07) is 6.26. The van der Waals surface area contributed by atoms with E-state index >= 15 is 0 Å². The van der Waals surface area contributed by atoms with Crippen molar-refractivity contribution in [3.8, 4) is 5.75 Å². The summed E-state index contributed by atoms with van der Waals surface area (Å²) in [4.78, 5) is 10.1. The standard InChI is InChI=1S/C24H25Cl2FN6O/c1-3-32-24(2)12-33(13-24)23-20(27)6-14(8-31-23)22(29)16-7-15(4-5-21(16)28)34-11-17-18(25)9-30-10-19(17)26/h4-10,29,32H,3,11-13,28H2,1-2H3. The van der Waals surface area contributed by atoms with Crippen molar-refractivity contribution >= 4 is 40.4 Å². The number of benzene rings is 1. The molecule has 1 aliphatic rings. The van der Waals surface area contributed by atoms with Crippen LogP contribution in [0.4, 0.5) is 15.9 Å². The molecule has 0 spiro atoms. The van der Waals surface area contributed by atoms with Crippen molar-refractivity contribution in [3.63, 3.8) is 0 Å². The first kappa shape index (κ1) is 24.2. The van der Waals surface area contributed by atoms with E-state index in [1.807, 2.05) is 11.8 Å². The Hall–Kier alpha value is -2.94. The van der Waals surface area contributed by atoms with Gasteiger partial charge < -0.3 is 20.7 Å². The Morgan fingerprint density at radius 3 is 2.59 bits per heavy atom. The molecular weight excluding hydrogens is 478 g/mol. The minimum Gasteiger partial charge on any atom is -0.489 e. The first-order valence-electron chi connectivity index (χ1n) is 10.8. The second kappa shape index (κ2) is 9.74. The van der Waals surface area contributed by atoms with Crippen LogP contribution < -0.4 is 20.7 Å². The minimum atomic E-state index is -0.478. The summed E-state index contributed by atoms with van der Waals surface area (Å²) in [5.41, 5.74) is 7.80. The molecule has 0 radical (unpaired) electrons. The Kier molecular flexibility index (Phi) is 6.93. The van der Waals surface area contributed by atoms with Gasteiger partial charge in [-0.2, -0.15) is 0 Å². The largest absolute Gasteiger partial charge is 0.489 e. The number of nitrogen functional groups attached to an aromatic ring is 1. The Bertz CT molecular complexity index is 1210. The summed E-state index contributed by atoms with van der Waals surface area (Å²) in [5.74, 6) is 0.267. The molecule has 0 atom stereocenters. The molecule has 0 bridgehead atoms. The number of anilines is 2. The maximum atomic E-state index is 14.9. The number of rotatable bonds is 8. The van der Waals surface area contributed by atoms with Crippen LogP contribution in [-0.4, -0.2) is 40.9 Å². The van der Waals surface area contributed by atoms with Crippen LogP contribution in [0.25, 0.3) is 0 Å². The number of pyridine rings is 2. The quantitative estimate of drug-likeness (QED) is 0.305. The third kappa shape index (κ3) is 4.94. The first-order chi connectivity index (χ1) is 16.2. The predicted molar refractivity (Wildman–Crippen MR) is 134 cm³/mol. The summed E-state index contributed by atoms with van der Waals surface area (Å²) in [5, 5.41) is 12.8. The van der Waals surface area contributed by atoms with Crippen LogP contribution in [0.1, 0.15) is 30.5 Å². The van der Waals surface area contributed by atoms with Crippen LogP contribution in [0.15, 0.2) is 42.9 Å². The van der Waals surface area contributed by atoms with Gasteiger partial charge in [-0.05, 0) is 37.7 Å². The van der Waals surface area contributed by atoms with Gasteiger partial charge >= 0.3 is 0 Å². The summed E-state index contributed by atoms with van der Waals surface area (Å²) >= 11 is 12.3. The second-order valence-electron chi connectivity index (χ2n) is 8.47. The zero-order valence-electron chi connectivity index (χ0n) is 18.8. The Morgan fingerprint density at radius 1 is 1.24 bits per heavy atom. The highest BCUT2D eigenvalue weighted by atomic mass is 35.5. The van der Waals surface area contributed by atoms with Crippen molar-refractivity contribution in [2.45, 2.75) is 26.0 Å². The summed E-state index contributed by atoms with van der Waals surface area (Å²) in [6.45, 7) is 6.44. The topological polar surface area (TPSA) is 100 Å². The van der Waals surface area contributed by atoms with Crippen LogP contribution >= 0.6 is 23.2 Å². The normalized spacial score (nSPS) is 14.6. The highest BCUT2D eigenvalue weighted by molar-refractivity contribution is 6.35. The third-order valence-electron chi connectivity index (χ3n) is 5.72. The lowest BCUT2D eigenvalue weighted by atomic mass is 9.92. The van der Waals surface area contributed by atoms with Crippen LogP contribution in [-0.2, 0) is 6.61 Å². The lowest BCUT2D eigenvalue weighted by molar-refractivity contribution is 0.284. The molecule has 1 aromatic carbocycles. The number of hydrogen-bond acceptors (Lipinski definition) is 7. The number of halogens is 3. The van der Waals surface area contributed by atoms with Gasteiger partial charge in [0, 0.05) is 54.1 Å².